The van der Waals surface area contributed by atoms with Gasteiger partial charge in [0.15, 0.2) is 0 Å². The summed E-state index contributed by atoms with van der Waals surface area (Å²) in [6.45, 7) is 6.78. The molecule has 4 nitrogen and oxygen atoms in total. The standard InChI is InChI=1S/C11H16N2O2/c1-4-12-10-6-8(3)13-7-9(10)11(14)15-5-2/h6-7H,4-5H2,1-3H3,(H,12,13). The Morgan fingerprint density at radius 1 is 1.53 bits per heavy atom. The number of aromatic nitrogens is 1. The maximum absolute atomic E-state index is 11.5. The van der Waals surface area contributed by atoms with Gasteiger partial charge in [-0.2, -0.15) is 0 Å². The van der Waals surface area contributed by atoms with Crippen LogP contribution in [-0.4, -0.2) is 24.1 Å². The third kappa shape index (κ3) is 2.94. The van der Waals surface area contributed by atoms with E-state index in [-0.39, 0.29) is 5.97 Å². The maximum Gasteiger partial charge on any atom is 0.341 e. The van der Waals surface area contributed by atoms with E-state index in [2.05, 4.69) is 10.3 Å². The van der Waals surface area contributed by atoms with E-state index in [0.29, 0.717) is 12.2 Å². The fraction of sp³-hybridized carbons (Fsp3) is 0.455. The molecule has 0 saturated carbocycles. The molecule has 1 aromatic rings. The van der Waals surface area contributed by atoms with Crippen LogP contribution in [-0.2, 0) is 4.74 Å². The first-order valence-corrected chi connectivity index (χ1v) is 5.06. The number of hydrogen-bond donors (Lipinski definition) is 1. The number of nitrogens with one attached hydrogen (secondary N) is 1. The Bertz CT molecular complexity index is 350. The molecular weight excluding hydrogens is 192 g/mol. The number of pyridine rings is 1. The number of esters is 1. The van der Waals surface area contributed by atoms with Crippen LogP contribution in [0.3, 0.4) is 0 Å². The highest BCUT2D eigenvalue weighted by Crippen LogP contribution is 2.16. The second-order valence-electron chi connectivity index (χ2n) is 3.12. The molecule has 0 atom stereocenters. The van der Waals surface area contributed by atoms with E-state index in [1.807, 2.05) is 19.9 Å². The molecule has 1 heterocycles. The van der Waals surface area contributed by atoms with Gasteiger partial charge in [0, 0.05) is 18.4 Å². The minimum absolute atomic E-state index is 0.332. The lowest BCUT2D eigenvalue weighted by Gasteiger charge is -2.09. The van der Waals surface area contributed by atoms with E-state index in [1.54, 1.807) is 13.1 Å². The van der Waals surface area contributed by atoms with Crippen molar-refractivity contribution in [1.29, 1.82) is 0 Å². The van der Waals surface area contributed by atoms with Gasteiger partial charge >= 0.3 is 5.97 Å². The van der Waals surface area contributed by atoms with Gasteiger partial charge in [0.05, 0.1) is 12.3 Å². The zero-order valence-electron chi connectivity index (χ0n) is 9.33. The van der Waals surface area contributed by atoms with Crippen molar-refractivity contribution < 1.29 is 9.53 Å². The Morgan fingerprint density at radius 2 is 2.27 bits per heavy atom. The fourth-order valence-corrected chi connectivity index (χ4v) is 1.27. The molecule has 0 unspecified atom stereocenters. The number of ether oxygens (including phenoxy) is 1. The number of anilines is 1. The molecule has 0 saturated heterocycles. The topological polar surface area (TPSA) is 51.2 Å². The van der Waals surface area contributed by atoms with Gasteiger partial charge in [0.25, 0.3) is 0 Å². The number of carbonyl (C=O) groups excluding carboxylic acids is 1. The van der Waals surface area contributed by atoms with Crippen molar-refractivity contribution in [1.82, 2.24) is 4.98 Å². The summed E-state index contributed by atoms with van der Waals surface area (Å²) in [7, 11) is 0. The van der Waals surface area contributed by atoms with Gasteiger partial charge in [0.1, 0.15) is 5.56 Å². The quantitative estimate of drug-likeness (QED) is 0.769. The highest BCUT2D eigenvalue weighted by molar-refractivity contribution is 5.95. The lowest BCUT2D eigenvalue weighted by molar-refractivity contribution is 0.0527. The highest BCUT2D eigenvalue weighted by Gasteiger charge is 2.12. The van der Waals surface area contributed by atoms with Crippen molar-refractivity contribution in [2.75, 3.05) is 18.5 Å². The van der Waals surface area contributed by atoms with E-state index in [4.69, 9.17) is 4.74 Å². The third-order valence-corrected chi connectivity index (χ3v) is 1.90. The Labute approximate surface area is 89.7 Å². The molecule has 0 aliphatic carbocycles. The second-order valence-corrected chi connectivity index (χ2v) is 3.12. The first-order chi connectivity index (χ1) is 7.19. The summed E-state index contributed by atoms with van der Waals surface area (Å²) in [6, 6.07) is 1.84. The molecule has 82 valence electrons. The summed E-state index contributed by atoms with van der Waals surface area (Å²) in [5, 5.41) is 3.12. The summed E-state index contributed by atoms with van der Waals surface area (Å²) in [6.07, 6.45) is 1.55. The van der Waals surface area contributed by atoms with Crippen molar-refractivity contribution in [2.24, 2.45) is 0 Å². The predicted octanol–water partition coefficient (Wildman–Crippen LogP) is 2.00. The first-order valence-electron chi connectivity index (χ1n) is 5.06. The number of carbonyl (C=O) groups is 1. The van der Waals surface area contributed by atoms with Crippen molar-refractivity contribution in [2.45, 2.75) is 20.8 Å². The van der Waals surface area contributed by atoms with Crippen LogP contribution in [0.5, 0.6) is 0 Å². The number of rotatable bonds is 4. The molecule has 1 N–H and O–H groups in total. The lowest BCUT2D eigenvalue weighted by atomic mass is 10.2. The monoisotopic (exact) mass is 208 g/mol. The third-order valence-electron chi connectivity index (χ3n) is 1.90. The van der Waals surface area contributed by atoms with E-state index in [0.717, 1.165) is 17.9 Å². The lowest BCUT2D eigenvalue weighted by Crippen LogP contribution is -2.10. The highest BCUT2D eigenvalue weighted by atomic mass is 16.5. The van der Waals surface area contributed by atoms with Gasteiger partial charge in [-0.05, 0) is 26.8 Å². The van der Waals surface area contributed by atoms with Gasteiger partial charge in [-0.3, -0.25) is 4.98 Å². The molecular formula is C11H16N2O2. The van der Waals surface area contributed by atoms with Crippen molar-refractivity contribution in [3.8, 4) is 0 Å². The number of hydrogen-bond acceptors (Lipinski definition) is 4. The molecule has 1 rings (SSSR count). The fourth-order valence-electron chi connectivity index (χ4n) is 1.27. The largest absolute Gasteiger partial charge is 0.462 e. The molecule has 15 heavy (non-hydrogen) atoms. The summed E-state index contributed by atoms with van der Waals surface area (Å²) >= 11 is 0. The Kier molecular flexibility index (Phi) is 4.09. The van der Waals surface area contributed by atoms with Gasteiger partial charge in [-0.15, -0.1) is 0 Å². The smallest absolute Gasteiger partial charge is 0.341 e. The van der Waals surface area contributed by atoms with Crippen LogP contribution in [0.15, 0.2) is 12.3 Å². The normalized spacial score (nSPS) is 9.80. The van der Waals surface area contributed by atoms with E-state index < -0.39 is 0 Å². The molecule has 1 aromatic heterocycles. The Balaban J connectivity index is 2.99. The summed E-state index contributed by atoms with van der Waals surface area (Å²) < 4.78 is 4.94. The molecule has 4 heteroatoms. The maximum atomic E-state index is 11.5. The summed E-state index contributed by atoms with van der Waals surface area (Å²) in [5.74, 6) is -0.332. The number of aryl methyl sites for hydroxylation is 1. The summed E-state index contributed by atoms with van der Waals surface area (Å²) in [4.78, 5) is 15.6. The molecule has 0 amide bonds. The molecule has 0 aliphatic rings. The van der Waals surface area contributed by atoms with E-state index in [1.165, 1.54) is 0 Å². The van der Waals surface area contributed by atoms with Gasteiger partial charge < -0.3 is 10.1 Å². The molecule has 0 bridgehead atoms. The molecule has 0 aliphatic heterocycles. The molecule has 0 spiro atoms. The van der Waals surface area contributed by atoms with E-state index in [9.17, 15) is 4.79 Å². The minimum Gasteiger partial charge on any atom is -0.462 e. The van der Waals surface area contributed by atoms with Crippen LogP contribution in [0.25, 0.3) is 0 Å². The van der Waals surface area contributed by atoms with Gasteiger partial charge in [0.2, 0.25) is 0 Å². The van der Waals surface area contributed by atoms with Crippen molar-refractivity contribution in [3.05, 3.63) is 23.5 Å². The SMILES string of the molecule is CCNc1cc(C)ncc1C(=O)OCC. The number of nitrogens with zero attached hydrogens (tertiary/aromatic N) is 1. The van der Waals surface area contributed by atoms with Gasteiger partial charge in [-0.25, -0.2) is 4.79 Å². The van der Waals surface area contributed by atoms with Crippen LogP contribution in [0, 0.1) is 6.92 Å². The van der Waals surface area contributed by atoms with E-state index >= 15 is 0 Å². The van der Waals surface area contributed by atoms with Crippen molar-refractivity contribution in [3.63, 3.8) is 0 Å². The van der Waals surface area contributed by atoms with Crippen LogP contribution < -0.4 is 5.32 Å². The Hall–Kier alpha value is -1.58. The first kappa shape index (κ1) is 11.5. The van der Waals surface area contributed by atoms with Crippen LogP contribution in [0.2, 0.25) is 0 Å². The molecule has 0 fully saturated rings. The zero-order chi connectivity index (χ0) is 11.3. The average molecular weight is 208 g/mol. The molecule has 0 radical (unpaired) electrons. The second kappa shape index (κ2) is 5.34. The molecule has 0 aromatic carbocycles. The van der Waals surface area contributed by atoms with Crippen LogP contribution in [0.1, 0.15) is 29.9 Å². The van der Waals surface area contributed by atoms with Crippen LogP contribution >= 0.6 is 0 Å². The average Bonchev–Trinajstić information content (AvgIpc) is 2.18. The minimum atomic E-state index is -0.332. The van der Waals surface area contributed by atoms with Crippen LogP contribution in [0.4, 0.5) is 5.69 Å². The Morgan fingerprint density at radius 3 is 2.87 bits per heavy atom. The van der Waals surface area contributed by atoms with Crippen molar-refractivity contribution >= 4 is 11.7 Å². The summed E-state index contributed by atoms with van der Waals surface area (Å²) in [5.41, 5.74) is 2.15. The zero-order valence-corrected chi connectivity index (χ0v) is 9.33. The van der Waals surface area contributed by atoms with Gasteiger partial charge in [-0.1, -0.05) is 0 Å². The predicted molar refractivity (Wildman–Crippen MR) is 59.1 cm³/mol.